The number of aromatic nitrogens is 4. The Kier molecular flexibility index (Phi) is 12.1. The van der Waals surface area contributed by atoms with Crippen molar-refractivity contribution in [1.82, 2.24) is 24.0 Å². The Balaban J connectivity index is 0.000000331. The Morgan fingerprint density at radius 3 is 2.09 bits per heavy atom. The molecule has 14 nitrogen and oxygen atoms in total. The van der Waals surface area contributed by atoms with E-state index in [-0.39, 0.29) is 24.0 Å². The highest BCUT2D eigenvalue weighted by molar-refractivity contribution is 6.31. The number of H-pyrrole nitrogens is 2. The van der Waals surface area contributed by atoms with Crippen molar-refractivity contribution in [3.8, 4) is 0 Å². The second-order valence-corrected chi connectivity index (χ2v) is 10.3. The second kappa shape index (κ2) is 15.5. The molecule has 5 rings (SSSR count). The number of fused-ring (bicyclic) bond motifs is 2. The van der Waals surface area contributed by atoms with Crippen LogP contribution in [0.3, 0.4) is 0 Å². The van der Waals surface area contributed by atoms with Crippen molar-refractivity contribution in [2.45, 2.75) is 51.0 Å². The number of likely N-dealkylation sites (tertiary alicyclic amines) is 1. The molecule has 3 heterocycles. The summed E-state index contributed by atoms with van der Waals surface area (Å²) in [5.74, 6) is -3.54. The highest BCUT2D eigenvalue weighted by atomic mass is 35.5. The number of carbonyl (C=O) groups is 2. The Morgan fingerprint density at radius 2 is 1.49 bits per heavy atom. The van der Waals surface area contributed by atoms with Crippen LogP contribution in [0.1, 0.15) is 32.2 Å². The molecule has 1 saturated heterocycles. The summed E-state index contributed by atoms with van der Waals surface area (Å²) in [5.41, 5.74) is 3.44. The summed E-state index contributed by atoms with van der Waals surface area (Å²) in [4.78, 5) is 52.5. The zero-order valence-electron chi connectivity index (χ0n) is 23.5. The third kappa shape index (κ3) is 8.55. The molecule has 234 valence electrons. The smallest absolute Gasteiger partial charge is 0.335 e. The fourth-order valence-corrected chi connectivity index (χ4v) is 5.09. The van der Waals surface area contributed by atoms with Gasteiger partial charge in [0, 0.05) is 37.3 Å². The molecule has 0 aliphatic carbocycles. The van der Waals surface area contributed by atoms with Crippen molar-refractivity contribution < 1.29 is 35.1 Å². The number of aryl methyl sites for hydroxylation is 1. The summed E-state index contributed by atoms with van der Waals surface area (Å²) < 4.78 is 3.70. The van der Waals surface area contributed by atoms with Crippen LogP contribution in [0.4, 0.5) is 0 Å². The number of piperidine rings is 1. The van der Waals surface area contributed by atoms with Gasteiger partial charge in [0.15, 0.2) is 12.2 Å². The van der Waals surface area contributed by atoms with Gasteiger partial charge in [-0.2, -0.15) is 0 Å². The minimum Gasteiger partial charge on any atom is -0.479 e. The third-order valence-electron chi connectivity index (χ3n) is 6.94. The van der Waals surface area contributed by atoms with Crippen molar-refractivity contribution >= 4 is 45.6 Å². The summed E-state index contributed by atoms with van der Waals surface area (Å²) in [5, 5.41) is 40.7. The fourth-order valence-electron chi connectivity index (χ4n) is 4.92. The van der Waals surface area contributed by atoms with E-state index in [1.54, 1.807) is 13.0 Å². The van der Waals surface area contributed by atoms with Crippen molar-refractivity contribution in [1.29, 1.82) is 0 Å². The van der Waals surface area contributed by atoms with Crippen LogP contribution in [0.2, 0.25) is 5.02 Å². The maximum absolute atomic E-state index is 12.5. The Morgan fingerprint density at radius 1 is 0.907 bits per heavy atom. The molecule has 1 fully saturated rings. The number of carboxylic acids is 2. The van der Waals surface area contributed by atoms with E-state index in [2.05, 4.69) is 14.9 Å². The van der Waals surface area contributed by atoms with Gasteiger partial charge in [-0.05, 0) is 63.1 Å². The molecule has 2 atom stereocenters. The molecule has 2 unspecified atom stereocenters. The molecule has 1 aliphatic rings. The van der Waals surface area contributed by atoms with Gasteiger partial charge in [-0.25, -0.2) is 19.2 Å². The van der Waals surface area contributed by atoms with Crippen molar-refractivity contribution in [3.05, 3.63) is 68.5 Å². The summed E-state index contributed by atoms with van der Waals surface area (Å²) in [6, 6.07) is 13.5. The molecule has 4 aromatic rings. The van der Waals surface area contributed by atoms with E-state index in [0.29, 0.717) is 11.6 Å². The zero-order chi connectivity index (χ0) is 31.7. The second-order valence-electron chi connectivity index (χ2n) is 9.87. The van der Waals surface area contributed by atoms with Crippen LogP contribution >= 0.6 is 11.6 Å². The number of nitrogens with zero attached hydrogens (tertiary/aromatic N) is 3. The highest BCUT2D eigenvalue weighted by Gasteiger charge is 2.29. The number of nitrogens with one attached hydrogen (secondary N) is 2. The lowest BCUT2D eigenvalue weighted by atomic mass is 10.0. The molecule has 0 bridgehead atoms. The van der Waals surface area contributed by atoms with E-state index in [0.717, 1.165) is 61.0 Å². The number of hydrogen-bond acceptors (Lipinski definition) is 8. The van der Waals surface area contributed by atoms with E-state index < -0.39 is 24.1 Å². The zero-order valence-corrected chi connectivity index (χ0v) is 24.3. The van der Waals surface area contributed by atoms with Crippen LogP contribution in [-0.4, -0.2) is 99.9 Å². The first-order valence-electron chi connectivity index (χ1n) is 13.7. The van der Waals surface area contributed by atoms with Gasteiger partial charge in [0.05, 0.1) is 22.1 Å². The van der Waals surface area contributed by atoms with Crippen LogP contribution in [0, 0.1) is 0 Å². The molecule has 0 saturated carbocycles. The van der Waals surface area contributed by atoms with E-state index in [1.807, 2.05) is 45.5 Å². The van der Waals surface area contributed by atoms with Gasteiger partial charge in [0.25, 0.3) is 0 Å². The van der Waals surface area contributed by atoms with Gasteiger partial charge in [-0.15, -0.1) is 0 Å². The number of benzene rings is 2. The van der Waals surface area contributed by atoms with Gasteiger partial charge in [-0.1, -0.05) is 23.7 Å². The maximum atomic E-state index is 12.5. The normalized spacial score (nSPS) is 15.3. The number of hydrogen-bond donors (Lipinski definition) is 7. The predicted octanol–water partition coefficient (Wildman–Crippen LogP) is 1.23. The van der Waals surface area contributed by atoms with Crippen LogP contribution in [0.15, 0.2) is 52.1 Å². The molecule has 1 aliphatic heterocycles. The summed E-state index contributed by atoms with van der Waals surface area (Å²) >= 11 is 6.05. The van der Waals surface area contributed by atoms with Crippen molar-refractivity contribution in [2.24, 2.45) is 0 Å². The van der Waals surface area contributed by atoms with E-state index in [4.69, 9.17) is 37.1 Å². The number of aliphatic carboxylic acids is 2. The summed E-state index contributed by atoms with van der Waals surface area (Å²) in [6.45, 7) is 5.46. The van der Waals surface area contributed by atoms with Crippen LogP contribution in [0.5, 0.6) is 0 Å². The minimum absolute atomic E-state index is 0.0475. The quantitative estimate of drug-likeness (QED) is 0.149. The van der Waals surface area contributed by atoms with Crippen LogP contribution in [0.25, 0.3) is 22.1 Å². The van der Waals surface area contributed by atoms with E-state index in [9.17, 15) is 19.2 Å². The van der Waals surface area contributed by atoms with Gasteiger partial charge in [0.2, 0.25) is 0 Å². The average molecular weight is 622 g/mol. The topological polar surface area (TPSA) is 214 Å². The van der Waals surface area contributed by atoms with Gasteiger partial charge in [-0.3, -0.25) is 9.13 Å². The number of imidazole rings is 2. The van der Waals surface area contributed by atoms with Gasteiger partial charge in [0.1, 0.15) is 0 Å². The number of aliphatic hydroxyl groups is 3. The fraction of sp³-hybridized carbons (Fsp3) is 0.429. The van der Waals surface area contributed by atoms with Crippen molar-refractivity contribution in [2.75, 3.05) is 26.2 Å². The average Bonchev–Trinajstić information content (AvgIpc) is 3.47. The molecule has 2 aromatic heterocycles. The van der Waals surface area contributed by atoms with Crippen LogP contribution < -0.4 is 11.4 Å². The molecule has 43 heavy (non-hydrogen) atoms. The number of para-hydroxylation sites is 2. The monoisotopic (exact) mass is 621 g/mol. The molecule has 0 spiro atoms. The summed E-state index contributed by atoms with van der Waals surface area (Å²) in [6.07, 6.45) is -1.75. The SMILES string of the molecule is CCO.O=C(O)C(O)C(O)C(=O)O.O=c1[nH]c2ccccc2n1CCCN1CCC(n2c(=O)[nH]c3cc(Cl)ccc32)CC1. The molecule has 7 N–H and O–H groups in total. The third-order valence-corrected chi connectivity index (χ3v) is 7.18. The molecular formula is C28H36ClN5O9. The molecule has 0 amide bonds. The van der Waals surface area contributed by atoms with E-state index >= 15 is 0 Å². The first kappa shape index (κ1) is 33.6. The van der Waals surface area contributed by atoms with E-state index in [1.165, 1.54) is 0 Å². The standard InChI is InChI=1S/C22H24ClN5O2.C4H6O6.C2H6O/c23-15-6-7-20-18(14-15)25-22(30)28(20)16-8-12-26(13-9-16)10-3-11-27-19-5-2-1-4-17(19)24-21(27)29;5-1(3(7)8)2(6)4(9)10;1-2-3/h1-2,4-7,14,16H,3,8-13H2,(H,24,29)(H,25,30);1-2,5-6H,(H,7,8)(H,9,10);3H,2H2,1H3. The first-order chi connectivity index (χ1) is 20.5. The Hall–Kier alpha value is -3.95. The van der Waals surface area contributed by atoms with Gasteiger partial charge < -0.3 is 40.4 Å². The van der Waals surface area contributed by atoms with Crippen molar-refractivity contribution in [3.63, 3.8) is 0 Å². The van der Waals surface area contributed by atoms with Gasteiger partial charge >= 0.3 is 23.3 Å². The maximum Gasteiger partial charge on any atom is 0.335 e. The number of halogens is 1. The first-order valence-corrected chi connectivity index (χ1v) is 14.1. The number of carboxylic acid groups (broad SMARTS) is 2. The number of aliphatic hydroxyl groups excluding tert-OH is 3. The number of rotatable bonds is 8. The Bertz CT molecular complexity index is 1620. The largest absolute Gasteiger partial charge is 0.479 e. The lowest BCUT2D eigenvalue weighted by Gasteiger charge is -2.32. The Labute approximate surface area is 250 Å². The highest BCUT2D eigenvalue weighted by Crippen LogP contribution is 2.26. The lowest BCUT2D eigenvalue weighted by Crippen LogP contribution is -2.39. The molecule has 0 radical (unpaired) electrons. The summed E-state index contributed by atoms with van der Waals surface area (Å²) in [7, 11) is 0. The minimum atomic E-state index is -2.27. The molecular weight excluding hydrogens is 586 g/mol. The predicted molar refractivity (Wildman–Crippen MR) is 160 cm³/mol. The molecule has 2 aromatic carbocycles. The van der Waals surface area contributed by atoms with Crippen LogP contribution in [-0.2, 0) is 16.1 Å². The molecule has 15 heteroatoms. The number of aromatic amines is 2. The lowest BCUT2D eigenvalue weighted by molar-refractivity contribution is -0.165.